The number of hydrogen-bond donors (Lipinski definition) is 1. The van der Waals surface area contributed by atoms with Crippen molar-refractivity contribution in [3.63, 3.8) is 0 Å². The highest BCUT2D eigenvalue weighted by Gasteiger charge is 2.16. The van der Waals surface area contributed by atoms with Crippen LogP contribution in [0.25, 0.3) is 10.6 Å². The molecule has 0 bridgehead atoms. The number of rotatable bonds is 3. The molecule has 0 aliphatic carbocycles. The normalized spacial score (nSPS) is 10.6. The number of nitrogens with one attached hydrogen (secondary N) is 1. The lowest BCUT2D eigenvalue weighted by atomic mass is 10.2. The van der Waals surface area contributed by atoms with E-state index in [1.807, 2.05) is 24.3 Å². The summed E-state index contributed by atoms with van der Waals surface area (Å²) in [5, 5.41) is 12.4. The van der Waals surface area contributed by atoms with E-state index in [0.717, 1.165) is 10.0 Å². The third-order valence-electron chi connectivity index (χ3n) is 2.93. The van der Waals surface area contributed by atoms with Crippen LogP contribution in [0, 0.1) is 0 Å². The number of hydrogen-bond acceptors (Lipinski definition) is 4. The molecule has 0 aliphatic heterocycles. The minimum Gasteiger partial charge on any atom is -0.296 e. The van der Waals surface area contributed by atoms with Crippen molar-refractivity contribution < 1.29 is 4.79 Å². The topological polar surface area (TPSA) is 54.9 Å². The summed E-state index contributed by atoms with van der Waals surface area (Å²) in [6.07, 6.45) is 0. The van der Waals surface area contributed by atoms with Crippen molar-refractivity contribution in [3.8, 4) is 10.6 Å². The molecule has 0 saturated carbocycles. The van der Waals surface area contributed by atoms with E-state index in [0.29, 0.717) is 10.1 Å². The van der Waals surface area contributed by atoms with Crippen molar-refractivity contribution in [2.24, 2.45) is 0 Å². The Morgan fingerprint density at radius 3 is 2.35 bits per heavy atom. The molecule has 0 atom stereocenters. The molecule has 0 fully saturated rings. The molecule has 116 valence electrons. The average molecular weight is 429 g/mol. The lowest BCUT2D eigenvalue weighted by Crippen LogP contribution is -2.12. The zero-order valence-corrected chi connectivity index (χ0v) is 15.3. The second kappa shape index (κ2) is 6.97. The van der Waals surface area contributed by atoms with Crippen molar-refractivity contribution in [3.05, 3.63) is 62.5 Å². The summed E-state index contributed by atoms with van der Waals surface area (Å²) in [6, 6.07) is 12.6. The molecule has 3 rings (SSSR count). The maximum atomic E-state index is 12.3. The molecule has 0 radical (unpaired) electrons. The molecule has 23 heavy (non-hydrogen) atoms. The predicted molar refractivity (Wildman–Crippen MR) is 97.5 cm³/mol. The molecule has 0 aliphatic rings. The van der Waals surface area contributed by atoms with Gasteiger partial charge >= 0.3 is 0 Å². The van der Waals surface area contributed by atoms with E-state index < -0.39 is 5.91 Å². The fourth-order valence-electron chi connectivity index (χ4n) is 1.86. The van der Waals surface area contributed by atoms with Crippen LogP contribution in [0.4, 0.5) is 5.13 Å². The number of amides is 1. The highest BCUT2D eigenvalue weighted by Crippen LogP contribution is 2.29. The van der Waals surface area contributed by atoms with Crippen LogP contribution in [0.5, 0.6) is 0 Å². The van der Waals surface area contributed by atoms with Gasteiger partial charge < -0.3 is 0 Å². The van der Waals surface area contributed by atoms with E-state index in [-0.39, 0.29) is 15.6 Å². The molecular formula is C15H8BrCl2N3OS. The Hall–Kier alpha value is -1.47. The largest absolute Gasteiger partial charge is 0.296 e. The maximum absolute atomic E-state index is 12.3. The molecule has 0 unspecified atom stereocenters. The van der Waals surface area contributed by atoms with Crippen LogP contribution < -0.4 is 5.32 Å². The van der Waals surface area contributed by atoms with Crippen LogP contribution >= 0.6 is 50.5 Å². The Morgan fingerprint density at radius 2 is 1.70 bits per heavy atom. The summed E-state index contributed by atoms with van der Waals surface area (Å²) in [7, 11) is 0. The Labute approximate surface area is 154 Å². The fourth-order valence-corrected chi connectivity index (χ4v) is 3.43. The third-order valence-corrected chi connectivity index (χ3v) is 4.97. The zero-order valence-electron chi connectivity index (χ0n) is 11.4. The van der Waals surface area contributed by atoms with E-state index >= 15 is 0 Å². The summed E-state index contributed by atoms with van der Waals surface area (Å²) in [6.45, 7) is 0. The van der Waals surface area contributed by atoms with Crippen molar-refractivity contribution >= 4 is 61.5 Å². The zero-order chi connectivity index (χ0) is 16.4. The van der Waals surface area contributed by atoms with Gasteiger partial charge in [0.25, 0.3) is 5.91 Å². The van der Waals surface area contributed by atoms with Crippen molar-refractivity contribution in [2.75, 3.05) is 5.32 Å². The van der Waals surface area contributed by atoms with Crippen LogP contribution in [0.1, 0.15) is 10.4 Å². The highest BCUT2D eigenvalue weighted by molar-refractivity contribution is 9.10. The summed E-state index contributed by atoms with van der Waals surface area (Å²) < 4.78 is 0.979. The van der Waals surface area contributed by atoms with Crippen LogP contribution in [0.2, 0.25) is 10.0 Å². The Morgan fingerprint density at radius 1 is 1.04 bits per heavy atom. The van der Waals surface area contributed by atoms with Gasteiger partial charge in [0.15, 0.2) is 0 Å². The minimum atomic E-state index is -0.417. The number of nitrogens with zero attached hydrogens (tertiary/aromatic N) is 2. The molecular weight excluding hydrogens is 421 g/mol. The van der Waals surface area contributed by atoms with Gasteiger partial charge in [-0.3, -0.25) is 10.1 Å². The van der Waals surface area contributed by atoms with Gasteiger partial charge in [-0.2, -0.15) is 0 Å². The summed E-state index contributed by atoms with van der Waals surface area (Å²) in [4.78, 5) is 12.3. The predicted octanol–water partition coefficient (Wildman–Crippen LogP) is 5.53. The number of carbonyl (C=O) groups is 1. The van der Waals surface area contributed by atoms with Crippen molar-refractivity contribution in [2.45, 2.75) is 0 Å². The smallest absolute Gasteiger partial charge is 0.260 e. The second-order valence-corrected chi connectivity index (χ2v) is 7.18. The van der Waals surface area contributed by atoms with Gasteiger partial charge in [0.05, 0.1) is 15.6 Å². The summed E-state index contributed by atoms with van der Waals surface area (Å²) in [5.74, 6) is -0.417. The van der Waals surface area contributed by atoms with E-state index in [1.54, 1.807) is 18.2 Å². The third kappa shape index (κ3) is 3.72. The fraction of sp³-hybridized carbons (Fsp3) is 0. The number of halogens is 3. The lowest BCUT2D eigenvalue weighted by Gasteiger charge is -2.05. The second-order valence-electron chi connectivity index (χ2n) is 4.47. The van der Waals surface area contributed by atoms with Gasteiger partial charge in [-0.15, -0.1) is 10.2 Å². The molecule has 0 spiro atoms. The average Bonchev–Trinajstić information content (AvgIpc) is 2.96. The SMILES string of the molecule is O=C(Nc1nnc(-c2ccc(Br)cc2)s1)c1c(Cl)cccc1Cl. The molecule has 1 amide bonds. The van der Waals surface area contributed by atoms with Gasteiger partial charge in [-0.25, -0.2) is 0 Å². The lowest BCUT2D eigenvalue weighted by molar-refractivity contribution is 0.102. The van der Waals surface area contributed by atoms with Crippen LogP contribution in [0.15, 0.2) is 46.9 Å². The summed E-state index contributed by atoms with van der Waals surface area (Å²) >= 11 is 16.7. The first kappa shape index (κ1) is 16.4. The van der Waals surface area contributed by atoms with E-state index in [2.05, 4.69) is 31.4 Å². The molecule has 1 heterocycles. The molecule has 0 saturated heterocycles. The van der Waals surface area contributed by atoms with Gasteiger partial charge in [0, 0.05) is 10.0 Å². The van der Waals surface area contributed by atoms with E-state index in [9.17, 15) is 4.79 Å². The van der Waals surface area contributed by atoms with E-state index in [1.165, 1.54) is 11.3 Å². The first-order valence-corrected chi connectivity index (χ1v) is 8.76. The molecule has 1 N–H and O–H groups in total. The van der Waals surface area contributed by atoms with Crippen LogP contribution in [0.3, 0.4) is 0 Å². The van der Waals surface area contributed by atoms with E-state index in [4.69, 9.17) is 23.2 Å². The van der Waals surface area contributed by atoms with Crippen LogP contribution in [-0.4, -0.2) is 16.1 Å². The Kier molecular flexibility index (Phi) is 4.96. The quantitative estimate of drug-likeness (QED) is 0.596. The number of aromatic nitrogens is 2. The minimum absolute atomic E-state index is 0.219. The van der Waals surface area contributed by atoms with Crippen molar-refractivity contribution in [1.82, 2.24) is 10.2 Å². The standard InChI is InChI=1S/C15H8BrCl2N3OS/c16-9-6-4-8(5-7-9)14-20-21-15(23-14)19-13(22)12-10(17)2-1-3-11(12)18/h1-7H,(H,19,21,22). The Balaban J connectivity index is 1.82. The molecule has 3 aromatic rings. The van der Waals surface area contributed by atoms with Gasteiger partial charge in [0.1, 0.15) is 5.01 Å². The van der Waals surface area contributed by atoms with Gasteiger partial charge in [-0.05, 0) is 24.3 Å². The molecule has 8 heteroatoms. The highest BCUT2D eigenvalue weighted by atomic mass is 79.9. The Bertz CT molecular complexity index is 847. The van der Waals surface area contributed by atoms with Gasteiger partial charge in [0.2, 0.25) is 5.13 Å². The molecule has 1 aromatic heterocycles. The van der Waals surface area contributed by atoms with Gasteiger partial charge in [-0.1, -0.05) is 68.7 Å². The molecule has 2 aromatic carbocycles. The molecule has 4 nitrogen and oxygen atoms in total. The number of anilines is 1. The summed E-state index contributed by atoms with van der Waals surface area (Å²) in [5.41, 5.74) is 1.14. The van der Waals surface area contributed by atoms with Crippen LogP contribution in [-0.2, 0) is 0 Å². The maximum Gasteiger partial charge on any atom is 0.260 e. The first-order valence-electron chi connectivity index (χ1n) is 6.39. The first-order chi connectivity index (χ1) is 11.0. The van der Waals surface area contributed by atoms with Crippen molar-refractivity contribution in [1.29, 1.82) is 0 Å². The number of benzene rings is 2. The monoisotopic (exact) mass is 427 g/mol. The number of carbonyl (C=O) groups excluding carboxylic acids is 1.